The first-order valence-electron chi connectivity index (χ1n) is 3.02. The molecule has 0 aliphatic rings. The molecule has 0 spiro atoms. The van der Waals surface area contributed by atoms with Crippen molar-refractivity contribution in [1.29, 1.82) is 0 Å². The van der Waals surface area contributed by atoms with Crippen molar-refractivity contribution < 1.29 is 13.7 Å². The summed E-state index contributed by atoms with van der Waals surface area (Å²) in [5.41, 5.74) is 0. The molecule has 7 heteroatoms. The normalized spacial score (nSPS) is 12.5. The number of carbonyl (C=O) groups is 1. The maximum atomic E-state index is 11.0. The highest BCUT2D eigenvalue weighted by molar-refractivity contribution is 9.11. The van der Waals surface area contributed by atoms with Crippen molar-refractivity contribution in [3.63, 3.8) is 0 Å². The highest BCUT2D eigenvalue weighted by Gasteiger charge is 2.16. The number of rotatable bonds is 2. The minimum atomic E-state index is -1.61. The van der Waals surface area contributed by atoms with E-state index in [0.29, 0.717) is 13.6 Å². The fourth-order valence-electron chi connectivity index (χ4n) is 0.663. The van der Waals surface area contributed by atoms with E-state index in [1.165, 1.54) is 13.2 Å². The minimum Gasteiger partial charge on any atom is -0.465 e. The number of ether oxygens (including phenoxy) is 1. The van der Waals surface area contributed by atoms with Crippen LogP contribution in [-0.4, -0.2) is 17.3 Å². The van der Waals surface area contributed by atoms with Gasteiger partial charge in [0.25, 0.3) is 0 Å². The summed E-state index contributed by atoms with van der Waals surface area (Å²) in [5, 5.41) is 0. The van der Waals surface area contributed by atoms with Gasteiger partial charge in [-0.05, 0) is 32.7 Å². The monoisotopic (exact) mass is 302 g/mol. The first-order chi connectivity index (χ1) is 6.06. The van der Waals surface area contributed by atoms with Crippen LogP contribution in [0.4, 0.5) is 0 Å². The second-order valence-electron chi connectivity index (χ2n) is 1.96. The molecule has 0 saturated heterocycles. The topological polar surface area (TPSA) is 43.4 Å². The average molecular weight is 304 g/mol. The average Bonchev–Trinajstić information content (AvgIpc) is 2.46. The summed E-state index contributed by atoms with van der Waals surface area (Å²) in [6.07, 6.45) is 0. The van der Waals surface area contributed by atoms with Crippen molar-refractivity contribution >= 4 is 53.9 Å². The number of hydrogen-bond donors (Lipinski definition) is 0. The molecule has 72 valence electrons. The molecule has 1 heterocycles. The zero-order valence-corrected chi connectivity index (χ0v) is 10.3. The molecule has 13 heavy (non-hydrogen) atoms. The Morgan fingerprint density at radius 3 is 2.77 bits per heavy atom. The van der Waals surface area contributed by atoms with E-state index in [-0.39, 0.29) is 0 Å². The van der Waals surface area contributed by atoms with E-state index in [0.717, 1.165) is 11.3 Å². The number of carbonyl (C=O) groups excluding carboxylic acids is 1. The maximum absolute atomic E-state index is 11.0. The van der Waals surface area contributed by atoms with Crippen LogP contribution in [0, 0.1) is 0 Å². The van der Waals surface area contributed by atoms with E-state index in [1.807, 2.05) is 0 Å². The van der Waals surface area contributed by atoms with E-state index >= 15 is 0 Å². The first kappa shape index (κ1) is 11.2. The summed E-state index contributed by atoms with van der Waals surface area (Å²) in [7, 11) is 5.04. The molecule has 0 saturated carbocycles. The van der Waals surface area contributed by atoms with Crippen LogP contribution >= 0.6 is 37.9 Å². The van der Waals surface area contributed by atoms with E-state index < -0.39 is 16.0 Å². The van der Waals surface area contributed by atoms with E-state index in [9.17, 15) is 9.00 Å². The Hall–Kier alpha value is 0.0900. The highest BCUT2D eigenvalue weighted by atomic mass is 79.9. The lowest BCUT2D eigenvalue weighted by atomic mass is 10.5. The molecule has 1 aromatic rings. The van der Waals surface area contributed by atoms with Gasteiger partial charge in [0, 0.05) is 0 Å². The number of thiophene rings is 1. The van der Waals surface area contributed by atoms with Crippen molar-refractivity contribution in [2.24, 2.45) is 0 Å². The Kier molecular flexibility index (Phi) is 3.90. The van der Waals surface area contributed by atoms with E-state index in [4.69, 9.17) is 10.7 Å². The van der Waals surface area contributed by atoms with Crippen LogP contribution in [0.3, 0.4) is 0 Å². The summed E-state index contributed by atoms with van der Waals surface area (Å²) >= 11 is 4.29. The summed E-state index contributed by atoms with van der Waals surface area (Å²) in [5.74, 6) is -0.459. The Labute approximate surface area is 94.1 Å². The Morgan fingerprint density at radius 2 is 2.38 bits per heavy atom. The number of halogens is 2. The number of hydrogen-bond acceptors (Lipinski definition) is 4. The molecule has 3 nitrogen and oxygen atoms in total. The smallest absolute Gasteiger partial charge is 0.348 e. The summed E-state index contributed by atoms with van der Waals surface area (Å²) < 4.78 is 16.0. The summed E-state index contributed by atoms with van der Waals surface area (Å²) in [6.45, 7) is 0. The Morgan fingerprint density at radius 1 is 1.77 bits per heavy atom. The van der Waals surface area contributed by atoms with Crippen molar-refractivity contribution in [2.75, 3.05) is 7.11 Å². The third kappa shape index (κ3) is 2.52. The molecule has 0 aromatic carbocycles. The zero-order chi connectivity index (χ0) is 10.0. The number of esters is 1. The van der Waals surface area contributed by atoms with Crippen LogP contribution in [0.5, 0.6) is 0 Å². The standard InChI is InChI=1S/C6H4BrClO3S2/c1-11-6(9)3-2-4(13(8)10)5(7)12-3/h2H,1H3. The van der Waals surface area contributed by atoms with Crippen LogP contribution in [0.25, 0.3) is 0 Å². The van der Waals surface area contributed by atoms with Gasteiger partial charge in [0.15, 0.2) is 0 Å². The first-order valence-corrected chi connectivity index (χ1v) is 6.60. The molecule has 1 unspecified atom stereocenters. The molecule has 0 bridgehead atoms. The summed E-state index contributed by atoms with van der Waals surface area (Å²) in [4.78, 5) is 11.8. The fraction of sp³-hybridized carbons (Fsp3) is 0.167. The summed E-state index contributed by atoms with van der Waals surface area (Å²) in [6, 6.07) is 1.45. The van der Waals surface area contributed by atoms with Crippen LogP contribution < -0.4 is 0 Å². The molecule has 0 N–H and O–H groups in total. The molecular formula is C6H4BrClO3S2. The predicted molar refractivity (Wildman–Crippen MR) is 55.6 cm³/mol. The number of methoxy groups -OCH3 is 1. The largest absolute Gasteiger partial charge is 0.465 e. The van der Waals surface area contributed by atoms with Crippen LogP contribution in [0.1, 0.15) is 9.67 Å². The van der Waals surface area contributed by atoms with Gasteiger partial charge < -0.3 is 4.74 Å². The lowest BCUT2D eigenvalue weighted by Gasteiger charge is -1.90. The van der Waals surface area contributed by atoms with E-state index in [2.05, 4.69) is 20.7 Å². The molecule has 0 amide bonds. The quantitative estimate of drug-likeness (QED) is 0.623. The van der Waals surface area contributed by atoms with Gasteiger partial charge >= 0.3 is 5.97 Å². The predicted octanol–water partition coefficient (Wildman–Crippen LogP) is 2.56. The Bertz CT molecular complexity index is 363. The van der Waals surface area contributed by atoms with Gasteiger partial charge in [0.1, 0.15) is 14.9 Å². The van der Waals surface area contributed by atoms with Gasteiger partial charge in [-0.3, -0.25) is 0 Å². The second-order valence-corrected chi connectivity index (χ2v) is 6.06. The third-order valence-corrected chi connectivity index (χ3v) is 4.59. The zero-order valence-electron chi connectivity index (χ0n) is 6.37. The molecule has 0 aliphatic heterocycles. The second kappa shape index (κ2) is 4.54. The molecule has 1 rings (SSSR count). The lowest BCUT2D eigenvalue weighted by Crippen LogP contribution is -1.97. The van der Waals surface area contributed by atoms with Gasteiger partial charge in [-0.2, -0.15) is 0 Å². The van der Waals surface area contributed by atoms with Gasteiger partial charge in [-0.15, -0.1) is 11.3 Å². The fourth-order valence-corrected chi connectivity index (χ4v) is 3.98. The maximum Gasteiger partial charge on any atom is 0.348 e. The van der Waals surface area contributed by atoms with Gasteiger partial charge in [0.2, 0.25) is 0 Å². The van der Waals surface area contributed by atoms with Crippen molar-refractivity contribution in [1.82, 2.24) is 0 Å². The molecule has 0 radical (unpaired) electrons. The minimum absolute atomic E-state index is 0.373. The van der Waals surface area contributed by atoms with Crippen molar-refractivity contribution in [3.05, 3.63) is 14.7 Å². The third-order valence-electron chi connectivity index (χ3n) is 1.21. The molecule has 1 atom stereocenters. The van der Waals surface area contributed by atoms with Crippen LogP contribution in [0.2, 0.25) is 0 Å². The van der Waals surface area contributed by atoms with Crippen LogP contribution in [-0.2, 0) is 14.7 Å². The molecular weight excluding hydrogens is 300 g/mol. The van der Waals surface area contributed by atoms with Gasteiger partial charge in [-0.25, -0.2) is 9.00 Å². The SMILES string of the molecule is COC(=O)c1cc(S(=O)Cl)c(Br)s1. The molecule has 1 aromatic heterocycles. The lowest BCUT2D eigenvalue weighted by molar-refractivity contribution is 0.0606. The molecule has 0 fully saturated rings. The van der Waals surface area contributed by atoms with Crippen molar-refractivity contribution in [2.45, 2.75) is 4.90 Å². The highest BCUT2D eigenvalue weighted by Crippen LogP contribution is 2.32. The van der Waals surface area contributed by atoms with Gasteiger partial charge in [-0.1, -0.05) is 0 Å². The van der Waals surface area contributed by atoms with Crippen LogP contribution in [0.15, 0.2) is 14.7 Å². The van der Waals surface area contributed by atoms with E-state index in [1.54, 1.807) is 0 Å². The van der Waals surface area contributed by atoms with Gasteiger partial charge in [0.05, 0.1) is 15.8 Å². The Balaban J connectivity index is 3.09. The van der Waals surface area contributed by atoms with Crippen molar-refractivity contribution in [3.8, 4) is 0 Å². The molecule has 0 aliphatic carbocycles.